The molecule has 3 aromatic rings. The van der Waals surface area contributed by atoms with Gasteiger partial charge in [-0.1, -0.05) is 30.3 Å². The van der Waals surface area contributed by atoms with Gasteiger partial charge in [-0.2, -0.15) is 5.26 Å². The first-order chi connectivity index (χ1) is 13.5. The fourth-order valence-electron chi connectivity index (χ4n) is 3.05. The lowest BCUT2D eigenvalue weighted by Crippen LogP contribution is -2.30. The van der Waals surface area contributed by atoms with Crippen molar-refractivity contribution in [2.45, 2.75) is 39.7 Å². The van der Waals surface area contributed by atoms with Crippen molar-refractivity contribution in [3.8, 4) is 28.5 Å². The van der Waals surface area contributed by atoms with Crippen molar-refractivity contribution in [3.63, 3.8) is 0 Å². The molecule has 0 unspecified atom stereocenters. The Balaban J connectivity index is 2.13. The smallest absolute Gasteiger partial charge is 0.251 e. The van der Waals surface area contributed by atoms with E-state index in [1.165, 1.54) is 0 Å². The quantitative estimate of drug-likeness (QED) is 0.661. The number of amides is 1. The number of nitriles is 1. The zero-order valence-corrected chi connectivity index (χ0v) is 16.3. The third-order valence-electron chi connectivity index (χ3n) is 4.32. The van der Waals surface area contributed by atoms with E-state index in [1.807, 2.05) is 56.3 Å². The van der Waals surface area contributed by atoms with Gasteiger partial charge in [0.2, 0.25) is 0 Å². The number of hydrogen-bond acceptors (Lipinski definition) is 4. The Kier molecular flexibility index (Phi) is 5.90. The van der Waals surface area contributed by atoms with Gasteiger partial charge in [0.25, 0.3) is 5.91 Å². The molecular weight excluding hydrogens is 350 g/mol. The van der Waals surface area contributed by atoms with Gasteiger partial charge >= 0.3 is 0 Å². The summed E-state index contributed by atoms with van der Waals surface area (Å²) in [5.74, 6) is 0.651. The molecule has 0 bridgehead atoms. The number of carbonyl (C=O) groups excluding carboxylic acids is 1. The lowest BCUT2D eigenvalue weighted by molar-refractivity contribution is 0.0943. The molecule has 5 nitrogen and oxygen atoms in total. The predicted molar refractivity (Wildman–Crippen MR) is 109 cm³/mol. The van der Waals surface area contributed by atoms with E-state index in [2.05, 4.69) is 23.5 Å². The third kappa shape index (κ3) is 4.29. The van der Waals surface area contributed by atoms with Crippen molar-refractivity contribution in [2.24, 2.45) is 0 Å². The summed E-state index contributed by atoms with van der Waals surface area (Å²) in [5.41, 5.74) is 4.12. The minimum Gasteiger partial charge on any atom is -0.361 e. The second-order valence-corrected chi connectivity index (χ2v) is 7.01. The Hall–Kier alpha value is -3.39. The molecule has 0 spiro atoms. The second kappa shape index (κ2) is 8.53. The maximum absolute atomic E-state index is 12.7. The molecule has 1 heterocycles. The molecule has 3 rings (SSSR count). The molecule has 0 fully saturated rings. The Morgan fingerprint density at radius 3 is 2.64 bits per heavy atom. The molecule has 0 saturated heterocycles. The number of aromatic nitrogens is 1. The van der Waals surface area contributed by atoms with Crippen molar-refractivity contribution in [3.05, 3.63) is 65.4 Å². The second-order valence-electron chi connectivity index (χ2n) is 7.01. The minimum atomic E-state index is -0.162. The standard InChI is InChI=1S/C23H23N3O2/c1-4-7-20-13-22(26-28-20)18-10-17(21-9-6-5-8-16(21)14-24)11-19(12-18)23(27)25-15(2)3/h5-6,8-13,15H,4,7H2,1-3H3,(H,25,27). The molecule has 28 heavy (non-hydrogen) atoms. The first kappa shape index (κ1) is 19.4. The van der Waals surface area contributed by atoms with E-state index in [4.69, 9.17) is 4.52 Å². The third-order valence-corrected chi connectivity index (χ3v) is 4.32. The van der Waals surface area contributed by atoms with Crippen LogP contribution in [0, 0.1) is 11.3 Å². The summed E-state index contributed by atoms with van der Waals surface area (Å²) in [6.07, 6.45) is 1.77. The molecule has 142 valence electrons. The van der Waals surface area contributed by atoms with Crippen LogP contribution in [0.5, 0.6) is 0 Å². The minimum absolute atomic E-state index is 0.0224. The molecule has 1 aromatic heterocycles. The lowest BCUT2D eigenvalue weighted by atomic mass is 9.95. The topological polar surface area (TPSA) is 78.9 Å². The molecular formula is C23H23N3O2. The van der Waals surface area contributed by atoms with Gasteiger partial charge in [0.15, 0.2) is 0 Å². The normalized spacial score (nSPS) is 10.7. The molecule has 0 aliphatic carbocycles. The molecule has 0 atom stereocenters. The van der Waals surface area contributed by atoms with E-state index >= 15 is 0 Å². The number of nitrogens with zero attached hydrogens (tertiary/aromatic N) is 2. The van der Waals surface area contributed by atoms with E-state index in [9.17, 15) is 10.1 Å². The van der Waals surface area contributed by atoms with E-state index < -0.39 is 0 Å². The number of carbonyl (C=O) groups is 1. The number of hydrogen-bond donors (Lipinski definition) is 1. The maximum Gasteiger partial charge on any atom is 0.251 e. The summed E-state index contributed by atoms with van der Waals surface area (Å²) in [6, 6.07) is 17.1. The molecule has 5 heteroatoms. The number of rotatable bonds is 6. The maximum atomic E-state index is 12.7. The highest BCUT2D eigenvalue weighted by Gasteiger charge is 2.15. The lowest BCUT2D eigenvalue weighted by Gasteiger charge is -2.12. The van der Waals surface area contributed by atoms with Gasteiger partial charge in [-0.05, 0) is 55.7 Å². The van der Waals surface area contributed by atoms with E-state index in [0.717, 1.165) is 35.3 Å². The van der Waals surface area contributed by atoms with Gasteiger partial charge < -0.3 is 9.84 Å². The molecule has 2 aromatic carbocycles. The van der Waals surface area contributed by atoms with E-state index in [-0.39, 0.29) is 11.9 Å². The van der Waals surface area contributed by atoms with Crippen molar-refractivity contribution in [1.29, 1.82) is 5.26 Å². The highest BCUT2D eigenvalue weighted by molar-refractivity contribution is 5.97. The highest BCUT2D eigenvalue weighted by Crippen LogP contribution is 2.30. The molecule has 0 aliphatic heterocycles. The van der Waals surface area contributed by atoms with E-state index in [0.29, 0.717) is 16.8 Å². The fourth-order valence-corrected chi connectivity index (χ4v) is 3.05. The number of nitrogens with one attached hydrogen (secondary N) is 1. The van der Waals surface area contributed by atoms with Crippen LogP contribution in [0.3, 0.4) is 0 Å². The van der Waals surface area contributed by atoms with Crippen LogP contribution in [0.25, 0.3) is 22.4 Å². The summed E-state index contributed by atoms with van der Waals surface area (Å²) in [5, 5.41) is 16.6. The van der Waals surface area contributed by atoms with Gasteiger partial charge in [0, 0.05) is 29.7 Å². The Labute approximate surface area is 165 Å². The van der Waals surface area contributed by atoms with Crippen LogP contribution >= 0.6 is 0 Å². The molecule has 0 aliphatic rings. The first-order valence-electron chi connectivity index (χ1n) is 9.43. The van der Waals surface area contributed by atoms with Crippen LogP contribution in [-0.2, 0) is 6.42 Å². The fraction of sp³-hybridized carbons (Fsp3) is 0.261. The predicted octanol–water partition coefficient (Wildman–Crippen LogP) is 4.97. The summed E-state index contributed by atoms with van der Waals surface area (Å²) in [6.45, 7) is 5.92. The number of benzene rings is 2. The number of aryl methyl sites for hydroxylation is 1. The van der Waals surface area contributed by atoms with Crippen LogP contribution < -0.4 is 5.32 Å². The first-order valence-corrected chi connectivity index (χ1v) is 9.43. The van der Waals surface area contributed by atoms with Gasteiger partial charge in [-0.25, -0.2) is 0 Å². The molecule has 0 radical (unpaired) electrons. The van der Waals surface area contributed by atoms with Crippen LogP contribution in [0.4, 0.5) is 0 Å². The van der Waals surface area contributed by atoms with Gasteiger partial charge in [0.1, 0.15) is 11.5 Å². The SMILES string of the molecule is CCCc1cc(-c2cc(C(=O)NC(C)C)cc(-c3ccccc3C#N)c2)no1. The van der Waals surface area contributed by atoms with Crippen molar-refractivity contribution in [2.75, 3.05) is 0 Å². The van der Waals surface area contributed by atoms with Crippen LogP contribution in [0.15, 0.2) is 53.1 Å². The van der Waals surface area contributed by atoms with Crippen LogP contribution in [0.2, 0.25) is 0 Å². The molecule has 1 amide bonds. The Bertz CT molecular complexity index is 1030. The molecule has 1 N–H and O–H groups in total. The van der Waals surface area contributed by atoms with Gasteiger partial charge in [-0.3, -0.25) is 4.79 Å². The average Bonchev–Trinajstić information content (AvgIpc) is 3.16. The monoisotopic (exact) mass is 373 g/mol. The Morgan fingerprint density at radius 1 is 1.18 bits per heavy atom. The van der Waals surface area contributed by atoms with Crippen molar-refractivity contribution >= 4 is 5.91 Å². The zero-order valence-electron chi connectivity index (χ0n) is 16.3. The highest BCUT2D eigenvalue weighted by atomic mass is 16.5. The van der Waals surface area contributed by atoms with E-state index in [1.54, 1.807) is 6.07 Å². The van der Waals surface area contributed by atoms with Gasteiger partial charge in [0.05, 0.1) is 11.6 Å². The van der Waals surface area contributed by atoms with Crippen molar-refractivity contribution < 1.29 is 9.32 Å². The van der Waals surface area contributed by atoms with Crippen LogP contribution in [0.1, 0.15) is 48.9 Å². The molecule has 0 saturated carbocycles. The Morgan fingerprint density at radius 2 is 1.93 bits per heavy atom. The summed E-state index contributed by atoms with van der Waals surface area (Å²) < 4.78 is 5.41. The average molecular weight is 373 g/mol. The largest absolute Gasteiger partial charge is 0.361 e. The zero-order chi connectivity index (χ0) is 20.1. The van der Waals surface area contributed by atoms with Gasteiger partial charge in [-0.15, -0.1) is 0 Å². The summed E-state index contributed by atoms with van der Waals surface area (Å²) >= 11 is 0. The van der Waals surface area contributed by atoms with Crippen LogP contribution in [-0.4, -0.2) is 17.1 Å². The van der Waals surface area contributed by atoms with Crippen molar-refractivity contribution in [1.82, 2.24) is 10.5 Å². The summed E-state index contributed by atoms with van der Waals surface area (Å²) in [7, 11) is 0. The summed E-state index contributed by atoms with van der Waals surface area (Å²) in [4.78, 5) is 12.7.